The molecule has 0 bridgehead atoms. The predicted molar refractivity (Wildman–Crippen MR) is 52.9 cm³/mol. The average molecular weight is 184 g/mol. The van der Waals surface area contributed by atoms with E-state index in [0.29, 0.717) is 6.10 Å². The third-order valence-corrected chi connectivity index (χ3v) is 2.71. The van der Waals surface area contributed by atoms with Gasteiger partial charge in [0.1, 0.15) is 0 Å². The molecule has 0 aromatic heterocycles. The van der Waals surface area contributed by atoms with Crippen LogP contribution < -0.4 is 5.32 Å². The van der Waals surface area contributed by atoms with Crippen LogP contribution >= 0.6 is 0 Å². The van der Waals surface area contributed by atoms with Crippen molar-refractivity contribution < 1.29 is 4.74 Å². The number of hydrogen-bond acceptors (Lipinski definition) is 3. The van der Waals surface area contributed by atoms with E-state index in [0.717, 1.165) is 19.7 Å². The lowest BCUT2D eigenvalue weighted by Crippen LogP contribution is -2.43. The lowest BCUT2D eigenvalue weighted by Gasteiger charge is -2.26. The summed E-state index contributed by atoms with van der Waals surface area (Å²) in [5, 5.41) is 3.36. The van der Waals surface area contributed by atoms with E-state index in [1.54, 1.807) is 0 Å². The zero-order valence-corrected chi connectivity index (χ0v) is 8.30. The monoisotopic (exact) mass is 184 g/mol. The van der Waals surface area contributed by atoms with Gasteiger partial charge in [0.15, 0.2) is 0 Å². The highest BCUT2D eigenvalue weighted by Gasteiger charge is 2.21. The molecule has 0 unspecified atom stereocenters. The summed E-state index contributed by atoms with van der Waals surface area (Å²) >= 11 is 0. The van der Waals surface area contributed by atoms with Gasteiger partial charge in [0, 0.05) is 39.3 Å². The highest BCUT2D eigenvalue weighted by molar-refractivity contribution is 4.73. The summed E-state index contributed by atoms with van der Waals surface area (Å²) in [6.07, 6.45) is 4.43. The maximum absolute atomic E-state index is 5.60. The summed E-state index contributed by atoms with van der Waals surface area (Å²) in [5.41, 5.74) is 0. The third kappa shape index (κ3) is 3.63. The first-order valence-electron chi connectivity index (χ1n) is 5.50. The predicted octanol–water partition coefficient (Wildman–Crippen LogP) is 0.461. The Morgan fingerprint density at radius 1 is 1.23 bits per heavy atom. The van der Waals surface area contributed by atoms with Crippen LogP contribution in [0.4, 0.5) is 0 Å². The highest BCUT2D eigenvalue weighted by Crippen LogP contribution is 2.23. The van der Waals surface area contributed by atoms with Gasteiger partial charge in [-0.3, -0.25) is 0 Å². The second-order valence-electron chi connectivity index (χ2n) is 4.02. The van der Waals surface area contributed by atoms with Crippen LogP contribution in [0.25, 0.3) is 0 Å². The highest BCUT2D eigenvalue weighted by atomic mass is 16.5. The van der Waals surface area contributed by atoms with Gasteiger partial charge < -0.3 is 15.0 Å². The molecular weight excluding hydrogens is 164 g/mol. The number of nitrogens with zero attached hydrogens (tertiary/aromatic N) is 1. The first-order valence-corrected chi connectivity index (χ1v) is 5.50. The van der Waals surface area contributed by atoms with Crippen molar-refractivity contribution in [2.75, 3.05) is 39.3 Å². The Hall–Kier alpha value is -0.120. The normalized spacial score (nSPS) is 24.9. The molecule has 1 saturated carbocycles. The van der Waals surface area contributed by atoms with Crippen molar-refractivity contribution in [2.24, 2.45) is 0 Å². The minimum absolute atomic E-state index is 0.628. The first kappa shape index (κ1) is 9.44. The van der Waals surface area contributed by atoms with E-state index < -0.39 is 0 Å². The molecule has 3 nitrogen and oxygen atoms in total. The second-order valence-corrected chi connectivity index (χ2v) is 4.02. The summed E-state index contributed by atoms with van der Waals surface area (Å²) in [6.45, 7) is 6.92. The maximum Gasteiger partial charge on any atom is 0.0577 e. The molecule has 1 saturated heterocycles. The van der Waals surface area contributed by atoms with Gasteiger partial charge in [-0.05, 0) is 19.3 Å². The molecule has 0 amide bonds. The zero-order chi connectivity index (χ0) is 8.93. The Balaban J connectivity index is 1.46. The van der Waals surface area contributed by atoms with Gasteiger partial charge in [-0.15, -0.1) is 0 Å². The van der Waals surface area contributed by atoms with Crippen molar-refractivity contribution in [1.29, 1.82) is 0 Å². The zero-order valence-electron chi connectivity index (χ0n) is 8.30. The average Bonchev–Trinajstić information content (AvgIpc) is 2.98. The quantitative estimate of drug-likeness (QED) is 0.628. The summed E-state index contributed by atoms with van der Waals surface area (Å²) in [7, 11) is 0. The lowest BCUT2D eigenvalue weighted by atomic mass is 10.3. The van der Waals surface area contributed by atoms with Gasteiger partial charge in [-0.2, -0.15) is 0 Å². The Labute approximate surface area is 80.4 Å². The van der Waals surface area contributed by atoms with E-state index in [4.69, 9.17) is 4.74 Å². The lowest BCUT2D eigenvalue weighted by molar-refractivity contribution is 0.105. The molecule has 1 heterocycles. The van der Waals surface area contributed by atoms with Gasteiger partial charge in [-0.25, -0.2) is 0 Å². The van der Waals surface area contributed by atoms with Gasteiger partial charge in [-0.1, -0.05) is 0 Å². The molecule has 0 aromatic rings. The third-order valence-electron chi connectivity index (χ3n) is 2.71. The summed E-state index contributed by atoms with van der Waals surface area (Å²) in [4.78, 5) is 2.52. The largest absolute Gasteiger partial charge is 0.378 e. The van der Waals surface area contributed by atoms with Crippen molar-refractivity contribution in [1.82, 2.24) is 10.2 Å². The van der Waals surface area contributed by atoms with Crippen LogP contribution in [-0.4, -0.2) is 50.3 Å². The van der Waals surface area contributed by atoms with Gasteiger partial charge in [0.25, 0.3) is 0 Å². The second kappa shape index (κ2) is 4.94. The molecule has 0 aromatic carbocycles. The van der Waals surface area contributed by atoms with Gasteiger partial charge in [0.2, 0.25) is 0 Å². The van der Waals surface area contributed by atoms with Crippen molar-refractivity contribution in [3.05, 3.63) is 0 Å². The molecule has 0 spiro atoms. The molecule has 0 radical (unpaired) electrons. The Morgan fingerprint density at radius 3 is 2.69 bits per heavy atom. The van der Waals surface area contributed by atoms with Crippen LogP contribution in [-0.2, 0) is 4.74 Å². The molecule has 1 aliphatic heterocycles. The SMILES string of the molecule is C(COC1CC1)CN1CCNCC1. The minimum Gasteiger partial charge on any atom is -0.378 e. The van der Waals surface area contributed by atoms with Gasteiger partial charge >= 0.3 is 0 Å². The van der Waals surface area contributed by atoms with E-state index >= 15 is 0 Å². The van der Waals surface area contributed by atoms with Crippen molar-refractivity contribution in [3.8, 4) is 0 Å². The molecule has 1 aliphatic carbocycles. The topological polar surface area (TPSA) is 24.5 Å². The summed E-state index contributed by atoms with van der Waals surface area (Å²) < 4.78 is 5.60. The first-order chi connectivity index (χ1) is 6.45. The van der Waals surface area contributed by atoms with Crippen LogP contribution in [0.1, 0.15) is 19.3 Å². The van der Waals surface area contributed by atoms with E-state index in [-0.39, 0.29) is 0 Å². The molecule has 13 heavy (non-hydrogen) atoms. The van der Waals surface area contributed by atoms with E-state index in [9.17, 15) is 0 Å². The number of hydrogen-bond donors (Lipinski definition) is 1. The Kier molecular flexibility index (Phi) is 3.58. The van der Waals surface area contributed by atoms with E-state index in [2.05, 4.69) is 10.2 Å². The molecule has 2 rings (SSSR count). The number of ether oxygens (including phenoxy) is 1. The van der Waals surface area contributed by atoms with Crippen molar-refractivity contribution in [3.63, 3.8) is 0 Å². The van der Waals surface area contributed by atoms with Crippen molar-refractivity contribution in [2.45, 2.75) is 25.4 Å². The number of rotatable bonds is 5. The maximum atomic E-state index is 5.60. The van der Waals surface area contributed by atoms with Crippen LogP contribution in [0, 0.1) is 0 Å². The Bertz CT molecular complexity index is 142. The fourth-order valence-electron chi connectivity index (χ4n) is 1.71. The van der Waals surface area contributed by atoms with E-state index in [1.165, 1.54) is 38.9 Å². The summed E-state index contributed by atoms with van der Waals surface area (Å²) in [6, 6.07) is 0. The summed E-state index contributed by atoms with van der Waals surface area (Å²) in [5.74, 6) is 0. The minimum atomic E-state index is 0.628. The molecule has 76 valence electrons. The van der Waals surface area contributed by atoms with Gasteiger partial charge in [0.05, 0.1) is 6.10 Å². The molecule has 3 heteroatoms. The standard InChI is InChI=1S/C10H20N2O/c1(9-13-10-2-3-10)6-12-7-4-11-5-8-12/h10-11H,1-9H2. The molecular formula is C10H20N2O. The molecule has 2 fully saturated rings. The van der Waals surface area contributed by atoms with Crippen LogP contribution in [0.15, 0.2) is 0 Å². The fraction of sp³-hybridized carbons (Fsp3) is 1.00. The van der Waals surface area contributed by atoms with Crippen LogP contribution in [0.3, 0.4) is 0 Å². The fourth-order valence-corrected chi connectivity index (χ4v) is 1.71. The van der Waals surface area contributed by atoms with Crippen molar-refractivity contribution >= 4 is 0 Å². The smallest absolute Gasteiger partial charge is 0.0577 e. The van der Waals surface area contributed by atoms with Crippen LogP contribution in [0.5, 0.6) is 0 Å². The number of piperazine rings is 1. The number of nitrogens with one attached hydrogen (secondary N) is 1. The molecule has 2 aliphatic rings. The van der Waals surface area contributed by atoms with E-state index in [1.807, 2.05) is 0 Å². The molecule has 1 N–H and O–H groups in total. The molecule has 0 atom stereocenters. The van der Waals surface area contributed by atoms with Crippen LogP contribution in [0.2, 0.25) is 0 Å². The Morgan fingerprint density at radius 2 is 2.00 bits per heavy atom.